The first kappa shape index (κ1) is 19.4. The molecule has 7 heteroatoms. The Balaban J connectivity index is 1.78. The number of carbonyl (C=O) groups is 2. The van der Waals surface area contributed by atoms with E-state index in [1.54, 1.807) is 12.3 Å². The average molecular weight is 432 g/mol. The van der Waals surface area contributed by atoms with Crippen LogP contribution in [0.3, 0.4) is 0 Å². The second-order valence-electron chi connectivity index (χ2n) is 6.45. The smallest absolute Gasteiger partial charge is 0.307 e. The normalized spacial score (nSPS) is 14.7. The zero-order valence-electron chi connectivity index (χ0n) is 15.2. The fourth-order valence-corrected chi connectivity index (χ4v) is 3.41. The summed E-state index contributed by atoms with van der Waals surface area (Å²) in [7, 11) is 1.34. The van der Waals surface area contributed by atoms with Crippen LogP contribution in [-0.2, 0) is 9.53 Å². The van der Waals surface area contributed by atoms with Crippen LogP contribution in [0.4, 0.5) is 5.69 Å². The topological polar surface area (TPSA) is 71.5 Å². The number of methoxy groups -OCH3 is 1. The summed E-state index contributed by atoms with van der Waals surface area (Å²) < 4.78 is 5.70. The number of anilines is 1. The number of pyridine rings is 1. The quantitative estimate of drug-likeness (QED) is 0.708. The first-order valence-electron chi connectivity index (χ1n) is 8.91. The van der Waals surface area contributed by atoms with Gasteiger partial charge in [-0.1, -0.05) is 28.1 Å². The van der Waals surface area contributed by atoms with Crippen molar-refractivity contribution in [3.05, 3.63) is 58.3 Å². The van der Waals surface area contributed by atoms with Gasteiger partial charge in [0.25, 0.3) is 5.91 Å². The standard InChI is InChI=1S/C20H22BrN3O3/c1-27-19(25)13-17(14-4-6-15(21)7-5-14)23-20(26)18-12-16(8-9-22-18)24-10-2-3-11-24/h4-9,12,17H,2-3,10-11,13H2,1H3,(H,23,26). The maximum Gasteiger partial charge on any atom is 0.307 e. The average Bonchev–Trinajstić information content (AvgIpc) is 3.23. The third-order valence-electron chi connectivity index (χ3n) is 4.62. The molecule has 1 N–H and O–H groups in total. The molecule has 1 aliphatic rings. The third kappa shape index (κ3) is 5.07. The maximum atomic E-state index is 12.8. The van der Waals surface area contributed by atoms with Crippen LogP contribution in [0.1, 0.15) is 41.4 Å². The van der Waals surface area contributed by atoms with Gasteiger partial charge in [0.15, 0.2) is 0 Å². The van der Waals surface area contributed by atoms with Crippen molar-refractivity contribution >= 4 is 33.5 Å². The van der Waals surface area contributed by atoms with Crippen LogP contribution in [-0.4, -0.2) is 37.1 Å². The molecule has 1 aliphatic heterocycles. The van der Waals surface area contributed by atoms with Gasteiger partial charge in [0.2, 0.25) is 0 Å². The second kappa shape index (κ2) is 8.99. The Morgan fingerprint density at radius 3 is 2.59 bits per heavy atom. The van der Waals surface area contributed by atoms with Gasteiger partial charge in [0.1, 0.15) is 5.69 Å². The molecular weight excluding hydrogens is 410 g/mol. The summed E-state index contributed by atoms with van der Waals surface area (Å²) in [6.45, 7) is 1.99. The summed E-state index contributed by atoms with van der Waals surface area (Å²) in [5, 5.41) is 2.92. The van der Waals surface area contributed by atoms with E-state index < -0.39 is 6.04 Å². The third-order valence-corrected chi connectivity index (χ3v) is 5.15. The second-order valence-corrected chi connectivity index (χ2v) is 7.37. The van der Waals surface area contributed by atoms with Crippen LogP contribution in [0.25, 0.3) is 0 Å². The first-order valence-corrected chi connectivity index (χ1v) is 9.70. The van der Waals surface area contributed by atoms with Crippen molar-refractivity contribution in [2.75, 3.05) is 25.1 Å². The molecule has 1 aromatic heterocycles. The summed E-state index contributed by atoms with van der Waals surface area (Å²) in [5.74, 6) is -0.699. The number of carbonyl (C=O) groups excluding carboxylic acids is 2. The minimum Gasteiger partial charge on any atom is -0.469 e. The van der Waals surface area contributed by atoms with Crippen molar-refractivity contribution in [2.24, 2.45) is 0 Å². The Labute approximate surface area is 167 Å². The van der Waals surface area contributed by atoms with E-state index in [0.717, 1.165) is 41.7 Å². The molecule has 1 amide bonds. The molecule has 6 nitrogen and oxygen atoms in total. The number of amides is 1. The summed E-state index contributed by atoms with van der Waals surface area (Å²) in [6, 6.07) is 10.7. The minimum absolute atomic E-state index is 0.0513. The number of hydrogen-bond donors (Lipinski definition) is 1. The van der Waals surface area contributed by atoms with E-state index >= 15 is 0 Å². The van der Waals surface area contributed by atoms with E-state index in [-0.39, 0.29) is 18.3 Å². The molecule has 1 unspecified atom stereocenters. The zero-order valence-corrected chi connectivity index (χ0v) is 16.7. The van der Waals surface area contributed by atoms with Gasteiger partial charge in [0.05, 0.1) is 19.6 Å². The first-order chi connectivity index (χ1) is 13.1. The van der Waals surface area contributed by atoms with E-state index in [9.17, 15) is 9.59 Å². The number of halogens is 1. The van der Waals surface area contributed by atoms with Crippen LogP contribution in [0.5, 0.6) is 0 Å². The Morgan fingerprint density at radius 2 is 1.93 bits per heavy atom. The fraction of sp³-hybridized carbons (Fsp3) is 0.350. The predicted molar refractivity (Wildman–Crippen MR) is 107 cm³/mol. The Morgan fingerprint density at radius 1 is 1.22 bits per heavy atom. The molecule has 1 saturated heterocycles. The lowest BCUT2D eigenvalue weighted by atomic mass is 10.0. The van der Waals surface area contributed by atoms with E-state index in [4.69, 9.17) is 4.74 Å². The number of hydrogen-bond acceptors (Lipinski definition) is 5. The summed E-state index contributed by atoms with van der Waals surface area (Å²) in [4.78, 5) is 31.0. The Bertz CT molecular complexity index is 804. The lowest BCUT2D eigenvalue weighted by Crippen LogP contribution is -2.31. The van der Waals surface area contributed by atoms with Gasteiger partial charge in [-0.2, -0.15) is 0 Å². The molecule has 1 atom stereocenters. The fourth-order valence-electron chi connectivity index (χ4n) is 3.15. The summed E-state index contributed by atoms with van der Waals surface area (Å²) in [5.41, 5.74) is 2.17. The molecule has 0 aliphatic carbocycles. The van der Waals surface area contributed by atoms with Crippen LogP contribution in [0, 0.1) is 0 Å². The number of nitrogens with zero attached hydrogens (tertiary/aromatic N) is 2. The lowest BCUT2D eigenvalue weighted by molar-refractivity contribution is -0.141. The van der Waals surface area contributed by atoms with Crippen LogP contribution in [0.2, 0.25) is 0 Å². The molecule has 0 spiro atoms. The summed E-state index contributed by atoms with van der Waals surface area (Å²) in [6.07, 6.45) is 4.02. The van der Waals surface area contributed by atoms with E-state index in [1.165, 1.54) is 7.11 Å². The molecule has 3 rings (SSSR count). The highest BCUT2D eigenvalue weighted by Crippen LogP contribution is 2.23. The van der Waals surface area contributed by atoms with Crippen molar-refractivity contribution in [1.82, 2.24) is 10.3 Å². The largest absolute Gasteiger partial charge is 0.469 e. The highest BCUT2D eigenvalue weighted by Gasteiger charge is 2.21. The highest BCUT2D eigenvalue weighted by molar-refractivity contribution is 9.10. The molecule has 27 heavy (non-hydrogen) atoms. The Kier molecular flexibility index (Phi) is 6.45. The van der Waals surface area contributed by atoms with Crippen molar-refractivity contribution in [3.63, 3.8) is 0 Å². The van der Waals surface area contributed by atoms with Crippen molar-refractivity contribution in [3.8, 4) is 0 Å². The molecule has 1 aromatic carbocycles. The van der Waals surface area contributed by atoms with Crippen molar-refractivity contribution in [2.45, 2.75) is 25.3 Å². The van der Waals surface area contributed by atoms with Crippen molar-refractivity contribution < 1.29 is 14.3 Å². The van der Waals surface area contributed by atoms with Gasteiger partial charge in [-0.25, -0.2) is 0 Å². The number of nitrogens with one attached hydrogen (secondary N) is 1. The molecule has 0 saturated carbocycles. The zero-order chi connectivity index (χ0) is 19.2. The highest BCUT2D eigenvalue weighted by atomic mass is 79.9. The molecule has 0 radical (unpaired) electrons. The van der Waals surface area contributed by atoms with Gasteiger partial charge in [-0.05, 0) is 42.7 Å². The number of rotatable bonds is 6. The number of esters is 1. The maximum absolute atomic E-state index is 12.8. The number of ether oxygens (including phenoxy) is 1. The van der Waals surface area contributed by atoms with Gasteiger partial charge >= 0.3 is 5.97 Å². The van der Waals surface area contributed by atoms with Crippen LogP contribution in [0.15, 0.2) is 47.1 Å². The molecular formula is C20H22BrN3O3. The monoisotopic (exact) mass is 431 g/mol. The SMILES string of the molecule is COC(=O)CC(NC(=O)c1cc(N2CCCC2)ccn1)c1ccc(Br)cc1. The minimum atomic E-state index is -0.490. The Hall–Kier alpha value is -2.41. The number of benzene rings is 1. The van der Waals surface area contributed by atoms with Crippen molar-refractivity contribution in [1.29, 1.82) is 0 Å². The molecule has 2 heterocycles. The number of aromatic nitrogens is 1. The van der Waals surface area contributed by atoms with Gasteiger partial charge < -0.3 is 15.0 Å². The van der Waals surface area contributed by atoms with Gasteiger partial charge in [-0.15, -0.1) is 0 Å². The molecule has 0 bridgehead atoms. The van der Waals surface area contributed by atoms with Crippen LogP contribution < -0.4 is 10.2 Å². The summed E-state index contributed by atoms with van der Waals surface area (Å²) >= 11 is 3.39. The molecule has 1 fully saturated rings. The van der Waals surface area contributed by atoms with Gasteiger partial charge in [-0.3, -0.25) is 14.6 Å². The van der Waals surface area contributed by atoms with Gasteiger partial charge in [0, 0.05) is 29.4 Å². The lowest BCUT2D eigenvalue weighted by Gasteiger charge is -2.20. The van der Waals surface area contributed by atoms with E-state index in [0.29, 0.717) is 5.69 Å². The van der Waals surface area contributed by atoms with Crippen LogP contribution >= 0.6 is 15.9 Å². The predicted octanol–water partition coefficient (Wildman–Crippen LogP) is 3.48. The van der Waals surface area contributed by atoms with E-state index in [1.807, 2.05) is 30.3 Å². The molecule has 142 valence electrons. The van der Waals surface area contributed by atoms with E-state index in [2.05, 4.69) is 31.1 Å². The molecule has 2 aromatic rings.